The molecule has 3 heteroatoms. The molecule has 1 aromatic heterocycles. The molecule has 0 saturated carbocycles. The fourth-order valence-electron chi connectivity index (χ4n) is 1.98. The number of aromatic amines is 1. The topological polar surface area (TPSA) is 40.5 Å². The van der Waals surface area contributed by atoms with Crippen molar-refractivity contribution < 1.29 is 0 Å². The zero-order valence-corrected chi connectivity index (χ0v) is 13.1. The summed E-state index contributed by atoms with van der Waals surface area (Å²) in [5.74, 6) is 0. The molecular weight excluding hydrogens is 246 g/mol. The number of nitrogens with one attached hydrogen (secondary N) is 1. The van der Waals surface area contributed by atoms with Crippen LogP contribution in [0, 0.1) is 0 Å². The molecular formula is C17H29N3. The fourth-order valence-corrected chi connectivity index (χ4v) is 1.98. The van der Waals surface area contributed by atoms with Gasteiger partial charge < -0.3 is 4.98 Å². The summed E-state index contributed by atoms with van der Waals surface area (Å²) in [6, 6.07) is 6.20. The van der Waals surface area contributed by atoms with Gasteiger partial charge in [0.2, 0.25) is 0 Å². The van der Waals surface area contributed by atoms with Crippen LogP contribution in [0.2, 0.25) is 0 Å². The Morgan fingerprint density at radius 3 is 2.50 bits per heavy atom. The second-order valence-corrected chi connectivity index (χ2v) is 5.15. The predicted molar refractivity (Wildman–Crippen MR) is 87.3 cm³/mol. The molecule has 0 aliphatic rings. The lowest BCUT2D eigenvalue weighted by atomic mass is 10.2. The molecule has 0 bridgehead atoms. The van der Waals surface area contributed by atoms with E-state index in [-0.39, 0.29) is 0 Å². The lowest BCUT2D eigenvalue weighted by molar-refractivity contribution is 0.716. The van der Waals surface area contributed by atoms with Gasteiger partial charge in [0.05, 0.1) is 0 Å². The van der Waals surface area contributed by atoms with Gasteiger partial charge in [-0.15, -0.1) is 0 Å². The minimum absolute atomic E-state index is 0.866. The van der Waals surface area contributed by atoms with Crippen molar-refractivity contribution in [3.8, 4) is 0 Å². The van der Waals surface area contributed by atoms with Crippen LogP contribution in [0.25, 0.3) is 0 Å². The van der Waals surface area contributed by atoms with Gasteiger partial charge in [-0.25, -0.2) is 0 Å². The lowest BCUT2D eigenvalue weighted by Gasteiger charge is -1.98. The fraction of sp³-hybridized carbons (Fsp3) is 0.647. The van der Waals surface area contributed by atoms with Crippen LogP contribution in [-0.2, 0) is 6.42 Å². The number of unbranched alkanes of at least 4 members (excludes halogenated alkanes) is 4. The zero-order chi connectivity index (χ0) is 14.5. The second-order valence-electron chi connectivity index (χ2n) is 5.15. The lowest BCUT2D eigenvalue weighted by Crippen LogP contribution is -2.10. The summed E-state index contributed by atoms with van der Waals surface area (Å²) in [4.78, 5) is 12.4. The van der Waals surface area contributed by atoms with Gasteiger partial charge in [0.15, 0.2) is 0 Å². The van der Waals surface area contributed by atoms with Crippen LogP contribution in [0.4, 0.5) is 0 Å². The number of hydrogen-bond donors (Lipinski definition) is 1. The molecule has 0 radical (unpaired) electrons. The Balaban J connectivity index is 2.39. The highest BCUT2D eigenvalue weighted by Crippen LogP contribution is 1.95. The first kappa shape index (κ1) is 16.7. The van der Waals surface area contributed by atoms with E-state index in [4.69, 9.17) is 0 Å². The van der Waals surface area contributed by atoms with Crippen molar-refractivity contribution in [1.29, 1.82) is 0 Å². The van der Waals surface area contributed by atoms with E-state index < -0.39 is 0 Å². The normalized spacial score (nSPS) is 12.4. The third-order valence-corrected chi connectivity index (χ3v) is 3.22. The molecule has 1 heterocycles. The molecule has 1 N–H and O–H groups in total. The van der Waals surface area contributed by atoms with Gasteiger partial charge >= 0.3 is 0 Å². The van der Waals surface area contributed by atoms with E-state index >= 15 is 0 Å². The molecule has 1 aromatic rings. The van der Waals surface area contributed by atoms with Crippen LogP contribution in [0.1, 0.15) is 58.1 Å². The van der Waals surface area contributed by atoms with Crippen molar-refractivity contribution >= 4 is 6.21 Å². The molecule has 0 spiro atoms. The third kappa shape index (κ3) is 7.93. The number of nitrogens with zero attached hydrogens (tertiary/aromatic N) is 2. The van der Waals surface area contributed by atoms with Crippen LogP contribution >= 0.6 is 0 Å². The highest BCUT2D eigenvalue weighted by molar-refractivity contribution is 5.60. The summed E-state index contributed by atoms with van der Waals surface area (Å²) in [6.45, 7) is 6.30. The number of aliphatic imine (C=N–C) groups is 1. The Hall–Kier alpha value is -1.38. The van der Waals surface area contributed by atoms with E-state index in [0.29, 0.717) is 0 Å². The largest absolute Gasteiger partial charge is 0.344 e. The maximum Gasteiger partial charge on any atom is 0.125 e. The summed E-state index contributed by atoms with van der Waals surface area (Å²) in [5, 5.41) is 0. The van der Waals surface area contributed by atoms with E-state index in [9.17, 15) is 0 Å². The highest BCUT2D eigenvalue weighted by atomic mass is 14.8. The monoisotopic (exact) mass is 275 g/mol. The molecule has 3 nitrogen and oxygen atoms in total. The minimum Gasteiger partial charge on any atom is -0.344 e. The molecule has 0 atom stereocenters. The second kappa shape index (κ2) is 11.4. The van der Waals surface area contributed by atoms with E-state index in [1.807, 2.05) is 12.3 Å². The van der Waals surface area contributed by atoms with Gasteiger partial charge in [0, 0.05) is 31.4 Å². The first-order chi connectivity index (χ1) is 9.86. The number of rotatable bonds is 10. The summed E-state index contributed by atoms with van der Waals surface area (Å²) < 4.78 is 0. The van der Waals surface area contributed by atoms with Crippen LogP contribution in [0.15, 0.2) is 28.2 Å². The Labute approximate surface area is 123 Å². The van der Waals surface area contributed by atoms with Crippen LogP contribution < -0.4 is 5.49 Å². The average molecular weight is 275 g/mol. The summed E-state index contributed by atoms with van der Waals surface area (Å²) in [5.41, 5.74) is 2.17. The maximum absolute atomic E-state index is 4.57. The van der Waals surface area contributed by atoms with Crippen LogP contribution in [-0.4, -0.2) is 24.3 Å². The molecule has 0 saturated heterocycles. The van der Waals surface area contributed by atoms with Gasteiger partial charge in [-0.05, 0) is 25.0 Å². The van der Waals surface area contributed by atoms with Crippen molar-refractivity contribution in [1.82, 2.24) is 4.98 Å². The molecule has 112 valence electrons. The van der Waals surface area contributed by atoms with Gasteiger partial charge in [-0.1, -0.05) is 45.6 Å². The van der Waals surface area contributed by atoms with E-state index in [2.05, 4.69) is 40.9 Å². The smallest absolute Gasteiger partial charge is 0.125 e. The first-order valence-electron chi connectivity index (χ1n) is 8.03. The minimum atomic E-state index is 0.866. The van der Waals surface area contributed by atoms with Crippen molar-refractivity contribution in [2.45, 2.75) is 58.8 Å². The van der Waals surface area contributed by atoms with E-state index in [1.54, 1.807) is 0 Å². The van der Waals surface area contributed by atoms with E-state index in [1.165, 1.54) is 44.2 Å². The molecule has 20 heavy (non-hydrogen) atoms. The highest BCUT2D eigenvalue weighted by Gasteiger charge is 1.90. The number of aromatic nitrogens is 1. The molecule has 0 fully saturated rings. The third-order valence-electron chi connectivity index (χ3n) is 3.22. The van der Waals surface area contributed by atoms with Crippen molar-refractivity contribution in [2.75, 3.05) is 13.1 Å². The Morgan fingerprint density at radius 2 is 1.75 bits per heavy atom. The predicted octanol–water partition coefficient (Wildman–Crippen LogP) is 3.91. The quantitative estimate of drug-likeness (QED) is 0.497. The van der Waals surface area contributed by atoms with Crippen LogP contribution in [0.3, 0.4) is 0 Å². The molecule has 0 amide bonds. The summed E-state index contributed by atoms with van der Waals surface area (Å²) in [6.07, 6.45) is 10.3. The number of pyridine rings is 1. The zero-order valence-electron chi connectivity index (χ0n) is 13.1. The Bertz CT molecular complexity index is 432. The molecule has 0 aliphatic carbocycles. The standard InChI is InChI=1S/C17H29N3/c1-3-5-7-13-18-15-12-16-10-9-11-17(20-16)19-14-8-6-4-2/h9-11,15H,3-8,12-14H2,1-2H3,(H,19,20). The summed E-state index contributed by atoms with van der Waals surface area (Å²) >= 11 is 0. The van der Waals surface area contributed by atoms with Gasteiger partial charge in [-0.3, -0.25) is 9.98 Å². The first-order valence-corrected chi connectivity index (χ1v) is 8.03. The molecule has 0 unspecified atom stereocenters. The molecule has 0 aliphatic heterocycles. The van der Waals surface area contributed by atoms with Gasteiger partial charge in [0.25, 0.3) is 0 Å². The van der Waals surface area contributed by atoms with Gasteiger partial charge in [0.1, 0.15) is 5.49 Å². The Morgan fingerprint density at radius 1 is 1.00 bits per heavy atom. The van der Waals surface area contributed by atoms with Crippen LogP contribution in [0.5, 0.6) is 0 Å². The molecule has 0 aromatic carbocycles. The molecule has 1 rings (SSSR count). The van der Waals surface area contributed by atoms with Crippen molar-refractivity contribution in [3.63, 3.8) is 0 Å². The summed E-state index contributed by atoms with van der Waals surface area (Å²) in [7, 11) is 0. The van der Waals surface area contributed by atoms with E-state index in [0.717, 1.165) is 25.0 Å². The number of H-pyrrole nitrogens is 1. The maximum atomic E-state index is 4.57. The number of hydrogen-bond acceptors (Lipinski definition) is 2. The van der Waals surface area contributed by atoms with Crippen molar-refractivity contribution in [3.05, 3.63) is 29.4 Å². The van der Waals surface area contributed by atoms with Crippen molar-refractivity contribution in [2.24, 2.45) is 9.98 Å². The van der Waals surface area contributed by atoms with Gasteiger partial charge in [-0.2, -0.15) is 0 Å². The Kier molecular flexibility index (Phi) is 9.54. The average Bonchev–Trinajstić information content (AvgIpc) is 2.48. The SMILES string of the molecule is CCCCCN=CCc1cccc(=NCCCCC)[nH]1.